The van der Waals surface area contributed by atoms with Crippen molar-refractivity contribution in [2.24, 2.45) is 5.92 Å². The van der Waals surface area contributed by atoms with E-state index in [1.807, 2.05) is 13.8 Å². The SMILES string of the molecule is CC(C)CCN1C(=O)c2ccc(C(=O)N3CCN(c4ccc(F)cc4)CC3)cc2C1=O. The third-order valence-electron chi connectivity index (χ3n) is 5.91. The number of piperazine rings is 1. The number of fused-ring (bicyclic) bond motifs is 1. The Hall–Kier alpha value is -3.22. The van der Waals surface area contributed by atoms with Gasteiger partial charge in [0.2, 0.25) is 0 Å². The Morgan fingerprint density at radius 2 is 1.58 bits per heavy atom. The fourth-order valence-electron chi connectivity index (χ4n) is 4.02. The van der Waals surface area contributed by atoms with Gasteiger partial charge in [-0.1, -0.05) is 13.8 Å². The normalized spacial score (nSPS) is 16.3. The van der Waals surface area contributed by atoms with Gasteiger partial charge in [-0.2, -0.15) is 0 Å². The smallest absolute Gasteiger partial charge is 0.261 e. The van der Waals surface area contributed by atoms with Crippen molar-refractivity contribution in [1.29, 1.82) is 0 Å². The van der Waals surface area contributed by atoms with Crippen LogP contribution in [0.3, 0.4) is 0 Å². The van der Waals surface area contributed by atoms with Crippen molar-refractivity contribution in [2.75, 3.05) is 37.6 Å². The lowest BCUT2D eigenvalue weighted by molar-refractivity contribution is 0.0647. The lowest BCUT2D eigenvalue weighted by atomic mass is 10.0. The minimum absolute atomic E-state index is 0.151. The van der Waals surface area contributed by atoms with Crippen LogP contribution in [-0.2, 0) is 0 Å². The maximum absolute atomic E-state index is 13.1. The Balaban J connectivity index is 1.43. The summed E-state index contributed by atoms with van der Waals surface area (Å²) in [6.07, 6.45) is 0.746. The van der Waals surface area contributed by atoms with Crippen molar-refractivity contribution in [2.45, 2.75) is 20.3 Å². The van der Waals surface area contributed by atoms with Gasteiger partial charge in [-0.15, -0.1) is 0 Å². The zero-order valence-electron chi connectivity index (χ0n) is 17.8. The molecule has 0 aromatic heterocycles. The first-order valence-electron chi connectivity index (χ1n) is 10.6. The third-order valence-corrected chi connectivity index (χ3v) is 5.91. The number of rotatable bonds is 5. The number of anilines is 1. The van der Waals surface area contributed by atoms with E-state index in [2.05, 4.69) is 4.90 Å². The van der Waals surface area contributed by atoms with Gasteiger partial charge in [-0.05, 0) is 54.8 Å². The number of carbonyl (C=O) groups excluding carboxylic acids is 3. The van der Waals surface area contributed by atoms with E-state index in [4.69, 9.17) is 0 Å². The predicted octanol–water partition coefficient (Wildman–Crippen LogP) is 3.43. The molecule has 0 spiro atoms. The summed E-state index contributed by atoms with van der Waals surface area (Å²) in [5.74, 6) is -0.647. The van der Waals surface area contributed by atoms with Crippen LogP contribution in [0.15, 0.2) is 42.5 Å². The number of hydrogen-bond acceptors (Lipinski definition) is 4. The maximum atomic E-state index is 13.1. The standard InChI is InChI=1S/C24H26FN3O3/c1-16(2)9-10-28-23(30)20-8-3-17(15-21(20)24(28)31)22(29)27-13-11-26(12-14-27)19-6-4-18(25)5-7-19/h3-8,15-16H,9-14H2,1-2H3. The summed E-state index contributed by atoms with van der Waals surface area (Å²) >= 11 is 0. The average molecular weight is 423 g/mol. The van der Waals surface area contributed by atoms with Crippen molar-refractivity contribution in [1.82, 2.24) is 9.80 Å². The molecule has 1 saturated heterocycles. The highest BCUT2D eigenvalue weighted by atomic mass is 19.1. The number of nitrogens with zero attached hydrogens (tertiary/aromatic N) is 3. The van der Waals surface area contributed by atoms with Gasteiger partial charge >= 0.3 is 0 Å². The molecule has 2 heterocycles. The van der Waals surface area contributed by atoms with Gasteiger partial charge in [0.15, 0.2) is 0 Å². The molecule has 0 radical (unpaired) electrons. The largest absolute Gasteiger partial charge is 0.368 e. The Morgan fingerprint density at radius 3 is 2.23 bits per heavy atom. The van der Waals surface area contributed by atoms with Crippen LogP contribution in [-0.4, -0.2) is 60.2 Å². The molecule has 7 heteroatoms. The first-order valence-corrected chi connectivity index (χ1v) is 10.6. The molecule has 4 rings (SSSR count). The van der Waals surface area contributed by atoms with Crippen LogP contribution in [0.2, 0.25) is 0 Å². The van der Waals surface area contributed by atoms with E-state index in [1.54, 1.807) is 35.2 Å². The molecule has 0 atom stereocenters. The van der Waals surface area contributed by atoms with Gasteiger partial charge in [-0.3, -0.25) is 19.3 Å². The van der Waals surface area contributed by atoms with Crippen LogP contribution >= 0.6 is 0 Å². The summed E-state index contributed by atoms with van der Waals surface area (Å²) in [4.78, 5) is 43.5. The minimum atomic E-state index is -0.323. The van der Waals surface area contributed by atoms with E-state index >= 15 is 0 Å². The Bertz CT molecular complexity index is 1010. The fourth-order valence-corrected chi connectivity index (χ4v) is 4.02. The molecule has 31 heavy (non-hydrogen) atoms. The number of carbonyl (C=O) groups is 3. The molecule has 0 bridgehead atoms. The van der Waals surface area contributed by atoms with Crippen molar-refractivity contribution in [3.05, 3.63) is 65.0 Å². The van der Waals surface area contributed by atoms with E-state index in [-0.39, 0.29) is 23.5 Å². The molecule has 2 aliphatic heterocycles. The van der Waals surface area contributed by atoms with Crippen molar-refractivity contribution < 1.29 is 18.8 Å². The Morgan fingerprint density at radius 1 is 0.935 bits per heavy atom. The van der Waals surface area contributed by atoms with Crippen molar-refractivity contribution >= 4 is 23.4 Å². The second-order valence-electron chi connectivity index (χ2n) is 8.46. The molecule has 2 aromatic rings. The van der Waals surface area contributed by atoms with Crippen molar-refractivity contribution in [3.63, 3.8) is 0 Å². The topological polar surface area (TPSA) is 60.9 Å². The van der Waals surface area contributed by atoms with Gasteiger partial charge in [0.1, 0.15) is 5.82 Å². The number of amides is 3. The van der Waals surface area contributed by atoms with E-state index in [9.17, 15) is 18.8 Å². The second kappa shape index (κ2) is 8.49. The van der Waals surface area contributed by atoms with Gasteiger partial charge in [0, 0.05) is 44.0 Å². The summed E-state index contributed by atoms with van der Waals surface area (Å²) in [5.41, 5.74) is 2.02. The maximum Gasteiger partial charge on any atom is 0.261 e. The molecule has 6 nitrogen and oxygen atoms in total. The minimum Gasteiger partial charge on any atom is -0.368 e. The first kappa shape index (κ1) is 21.0. The van der Waals surface area contributed by atoms with E-state index in [0.717, 1.165) is 12.1 Å². The van der Waals surface area contributed by atoms with Crippen LogP contribution in [0.4, 0.5) is 10.1 Å². The zero-order chi connectivity index (χ0) is 22.1. The van der Waals surface area contributed by atoms with Gasteiger partial charge in [0.25, 0.3) is 17.7 Å². The second-order valence-corrected chi connectivity index (χ2v) is 8.46. The zero-order valence-corrected chi connectivity index (χ0v) is 17.8. The molecule has 1 fully saturated rings. The van der Waals surface area contributed by atoms with Crippen molar-refractivity contribution in [3.8, 4) is 0 Å². The van der Waals surface area contributed by atoms with Gasteiger partial charge in [-0.25, -0.2) is 4.39 Å². The fraction of sp³-hybridized carbons (Fsp3) is 0.375. The van der Waals surface area contributed by atoms with Crippen LogP contribution in [0.1, 0.15) is 51.3 Å². The van der Waals surface area contributed by atoms with E-state index in [0.29, 0.717) is 55.3 Å². The molecule has 0 saturated carbocycles. The number of hydrogen-bond donors (Lipinski definition) is 0. The molecule has 3 amide bonds. The molecule has 0 N–H and O–H groups in total. The molecule has 162 valence electrons. The lowest BCUT2D eigenvalue weighted by Crippen LogP contribution is -2.48. The molecule has 2 aromatic carbocycles. The number of benzene rings is 2. The van der Waals surface area contributed by atoms with Crippen LogP contribution < -0.4 is 4.90 Å². The Labute approximate surface area is 181 Å². The predicted molar refractivity (Wildman–Crippen MR) is 116 cm³/mol. The van der Waals surface area contributed by atoms with Crippen LogP contribution in [0.5, 0.6) is 0 Å². The summed E-state index contributed by atoms with van der Waals surface area (Å²) in [7, 11) is 0. The molecule has 0 unspecified atom stereocenters. The summed E-state index contributed by atoms with van der Waals surface area (Å²) in [6, 6.07) is 11.1. The number of halogens is 1. The highest BCUT2D eigenvalue weighted by Gasteiger charge is 2.36. The van der Waals surface area contributed by atoms with Gasteiger partial charge < -0.3 is 9.80 Å². The third kappa shape index (κ3) is 4.17. The first-order chi connectivity index (χ1) is 14.8. The monoisotopic (exact) mass is 423 g/mol. The lowest BCUT2D eigenvalue weighted by Gasteiger charge is -2.36. The van der Waals surface area contributed by atoms with Gasteiger partial charge in [0.05, 0.1) is 11.1 Å². The van der Waals surface area contributed by atoms with E-state index < -0.39 is 0 Å². The Kier molecular flexibility index (Phi) is 5.76. The van der Waals surface area contributed by atoms with Crippen LogP contribution in [0, 0.1) is 11.7 Å². The molecular formula is C24H26FN3O3. The summed E-state index contributed by atoms with van der Waals surface area (Å²) in [6.45, 7) is 6.82. The molecule has 0 aliphatic carbocycles. The molecule has 2 aliphatic rings. The quantitative estimate of drug-likeness (QED) is 0.692. The molecular weight excluding hydrogens is 397 g/mol. The number of imide groups is 1. The van der Waals surface area contributed by atoms with E-state index in [1.165, 1.54) is 17.0 Å². The highest BCUT2D eigenvalue weighted by molar-refractivity contribution is 6.22. The summed E-state index contributed by atoms with van der Waals surface area (Å²) in [5, 5.41) is 0. The average Bonchev–Trinajstić information content (AvgIpc) is 3.01. The van der Waals surface area contributed by atoms with Crippen LogP contribution in [0.25, 0.3) is 0 Å². The highest BCUT2D eigenvalue weighted by Crippen LogP contribution is 2.26. The summed E-state index contributed by atoms with van der Waals surface area (Å²) < 4.78 is 13.1.